The number of hydrogen-bond acceptors (Lipinski definition) is 10. The van der Waals surface area contributed by atoms with E-state index in [4.69, 9.17) is 5.73 Å². The standard InChI is InChI=1S/C37H52N8O10/c1-20(2)15-29(37(54)55)45-36(53)28(16-24-9-7-6-8-10-24)43-31(48)19-39-30(47)18-40-35(52)27(17-25-11-13-26(46)14-12-25)44-34(51)23(5)42-33(50)22(4)41-32(49)21(3)38/h6-14,20-23,27-29,46H,15-19,38H2,1-5H3,(H,39,47)(H,40,52)(H,41,49)(H,42,50)(H,43,48)(H,44,51)(H,45,53)(H,54,55)/t21-,22-,23-,27-,28-,29-/m0/s1. The van der Waals surface area contributed by atoms with Crippen LogP contribution < -0.4 is 43.0 Å². The minimum atomic E-state index is -1.26. The summed E-state index contributed by atoms with van der Waals surface area (Å²) in [5.74, 6) is -6.34. The number of nitrogens with two attached hydrogens (primary N) is 1. The predicted molar refractivity (Wildman–Crippen MR) is 200 cm³/mol. The molecule has 0 spiro atoms. The molecule has 2 rings (SSSR count). The van der Waals surface area contributed by atoms with Gasteiger partial charge < -0.3 is 53.2 Å². The van der Waals surface area contributed by atoms with Crippen LogP contribution in [0.4, 0.5) is 0 Å². The van der Waals surface area contributed by atoms with Crippen molar-refractivity contribution in [3.8, 4) is 5.75 Å². The molecule has 18 heteroatoms. The van der Waals surface area contributed by atoms with E-state index >= 15 is 0 Å². The zero-order valence-electron chi connectivity index (χ0n) is 31.5. The SMILES string of the molecule is CC(C)C[C@H](NC(=O)[C@H](Cc1ccccc1)NC(=O)CNC(=O)CNC(=O)[C@H](Cc1ccc(O)cc1)NC(=O)[C@H](C)NC(=O)[C@H](C)NC(=O)[C@H](C)N)C(=O)O. The number of carbonyl (C=O) groups is 8. The molecule has 11 N–H and O–H groups in total. The molecule has 0 unspecified atom stereocenters. The van der Waals surface area contributed by atoms with Gasteiger partial charge in [-0.2, -0.15) is 0 Å². The van der Waals surface area contributed by atoms with E-state index in [9.17, 15) is 48.6 Å². The molecular formula is C37H52N8O10. The van der Waals surface area contributed by atoms with Crippen molar-refractivity contribution in [2.24, 2.45) is 11.7 Å². The highest BCUT2D eigenvalue weighted by atomic mass is 16.4. The fourth-order valence-corrected chi connectivity index (χ4v) is 4.99. The molecule has 300 valence electrons. The molecule has 55 heavy (non-hydrogen) atoms. The average molecular weight is 769 g/mol. The fraction of sp³-hybridized carbons (Fsp3) is 0.459. The number of carbonyl (C=O) groups excluding carboxylic acids is 7. The van der Waals surface area contributed by atoms with Crippen molar-refractivity contribution in [2.75, 3.05) is 13.1 Å². The fourth-order valence-electron chi connectivity index (χ4n) is 4.99. The minimum Gasteiger partial charge on any atom is -0.508 e. The molecule has 0 bridgehead atoms. The quantitative estimate of drug-likeness (QED) is 0.0687. The number of nitrogens with one attached hydrogen (secondary N) is 7. The van der Waals surface area contributed by atoms with Crippen LogP contribution in [0, 0.1) is 5.92 Å². The third kappa shape index (κ3) is 16.7. The van der Waals surface area contributed by atoms with E-state index in [1.54, 1.807) is 30.3 Å². The number of rotatable bonds is 21. The molecule has 18 nitrogen and oxygen atoms in total. The smallest absolute Gasteiger partial charge is 0.326 e. The first kappa shape index (κ1) is 45.1. The van der Waals surface area contributed by atoms with Crippen molar-refractivity contribution in [3.63, 3.8) is 0 Å². The molecule has 7 amide bonds. The van der Waals surface area contributed by atoms with E-state index in [0.717, 1.165) is 0 Å². The Labute approximate surface area is 319 Å². The number of amides is 7. The van der Waals surface area contributed by atoms with Gasteiger partial charge in [-0.3, -0.25) is 33.6 Å². The first-order valence-electron chi connectivity index (χ1n) is 17.7. The van der Waals surface area contributed by atoms with Gasteiger partial charge in [0.1, 0.15) is 36.0 Å². The average Bonchev–Trinajstić information content (AvgIpc) is 3.12. The van der Waals surface area contributed by atoms with Crippen LogP contribution in [0.15, 0.2) is 54.6 Å². The molecule has 0 fully saturated rings. The lowest BCUT2D eigenvalue weighted by atomic mass is 10.0. The molecule has 0 saturated heterocycles. The summed E-state index contributed by atoms with van der Waals surface area (Å²) in [5.41, 5.74) is 6.74. The van der Waals surface area contributed by atoms with Crippen LogP contribution in [-0.2, 0) is 51.2 Å². The number of carboxylic acids is 1. The first-order valence-corrected chi connectivity index (χ1v) is 17.7. The van der Waals surface area contributed by atoms with Crippen molar-refractivity contribution in [2.45, 2.75) is 90.1 Å². The van der Waals surface area contributed by atoms with Crippen LogP contribution >= 0.6 is 0 Å². The lowest BCUT2D eigenvalue weighted by Crippen LogP contribution is -2.57. The van der Waals surface area contributed by atoms with E-state index in [1.165, 1.54) is 45.0 Å². The number of aliphatic carboxylic acids is 1. The summed E-state index contributed by atoms with van der Waals surface area (Å²) in [6, 6.07) is 7.91. The van der Waals surface area contributed by atoms with E-state index in [-0.39, 0.29) is 30.9 Å². The molecule has 0 radical (unpaired) electrons. The van der Waals surface area contributed by atoms with Crippen LogP contribution in [-0.4, -0.2) is 107 Å². The maximum Gasteiger partial charge on any atom is 0.326 e. The molecule has 0 aliphatic heterocycles. The summed E-state index contributed by atoms with van der Waals surface area (Å²) in [5, 5.41) is 36.4. The Morgan fingerprint density at radius 3 is 1.60 bits per heavy atom. The van der Waals surface area contributed by atoms with Gasteiger partial charge in [0, 0.05) is 12.8 Å². The van der Waals surface area contributed by atoms with E-state index in [1.807, 2.05) is 13.8 Å². The highest BCUT2D eigenvalue weighted by Gasteiger charge is 2.29. The van der Waals surface area contributed by atoms with Gasteiger partial charge in [0.2, 0.25) is 41.4 Å². The largest absolute Gasteiger partial charge is 0.508 e. The van der Waals surface area contributed by atoms with E-state index < -0.39 is 96.7 Å². The zero-order chi connectivity index (χ0) is 41.2. The number of hydrogen-bond donors (Lipinski definition) is 10. The second-order valence-electron chi connectivity index (χ2n) is 13.5. The van der Waals surface area contributed by atoms with Crippen molar-refractivity contribution < 1.29 is 48.6 Å². The van der Waals surface area contributed by atoms with Crippen LogP contribution in [0.2, 0.25) is 0 Å². The maximum atomic E-state index is 13.3. The summed E-state index contributed by atoms with van der Waals surface area (Å²) in [6.07, 6.45) is 0.128. The van der Waals surface area contributed by atoms with Gasteiger partial charge >= 0.3 is 5.97 Å². The zero-order valence-corrected chi connectivity index (χ0v) is 31.5. The molecular weight excluding hydrogens is 716 g/mol. The number of aromatic hydroxyl groups is 1. The highest BCUT2D eigenvalue weighted by molar-refractivity contribution is 5.96. The lowest BCUT2D eigenvalue weighted by Gasteiger charge is -2.23. The Kier molecular flexibility index (Phi) is 18.2. The maximum absolute atomic E-state index is 13.3. The first-order chi connectivity index (χ1) is 25.9. The van der Waals surface area contributed by atoms with Crippen molar-refractivity contribution >= 4 is 47.3 Å². The minimum absolute atomic E-state index is 0.0290. The predicted octanol–water partition coefficient (Wildman–Crippen LogP) is -1.65. The summed E-state index contributed by atoms with van der Waals surface area (Å²) < 4.78 is 0. The normalized spacial score (nSPS) is 14.1. The van der Waals surface area contributed by atoms with Gasteiger partial charge in [-0.15, -0.1) is 0 Å². The summed E-state index contributed by atoms with van der Waals surface area (Å²) in [4.78, 5) is 101. The van der Waals surface area contributed by atoms with Crippen LogP contribution in [0.5, 0.6) is 5.75 Å². The molecule has 0 aliphatic carbocycles. The number of benzene rings is 2. The van der Waals surface area contributed by atoms with Crippen molar-refractivity contribution in [3.05, 3.63) is 65.7 Å². The van der Waals surface area contributed by atoms with Crippen LogP contribution in [0.3, 0.4) is 0 Å². The Bertz CT molecular complexity index is 1650. The van der Waals surface area contributed by atoms with E-state index in [0.29, 0.717) is 11.1 Å². The molecule has 2 aromatic carbocycles. The molecule has 0 aliphatic rings. The third-order valence-electron chi connectivity index (χ3n) is 8.05. The lowest BCUT2D eigenvalue weighted by molar-refractivity contribution is -0.142. The van der Waals surface area contributed by atoms with Gasteiger partial charge in [0.25, 0.3) is 0 Å². The third-order valence-corrected chi connectivity index (χ3v) is 8.05. The molecule has 2 aromatic rings. The second-order valence-corrected chi connectivity index (χ2v) is 13.5. The van der Waals surface area contributed by atoms with Crippen LogP contribution in [0.1, 0.15) is 52.2 Å². The Morgan fingerprint density at radius 1 is 0.564 bits per heavy atom. The summed E-state index contributed by atoms with van der Waals surface area (Å²) >= 11 is 0. The highest BCUT2D eigenvalue weighted by Crippen LogP contribution is 2.12. The Morgan fingerprint density at radius 2 is 1.05 bits per heavy atom. The Balaban J connectivity index is 2.04. The van der Waals surface area contributed by atoms with Gasteiger partial charge in [0.05, 0.1) is 19.1 Å². The number of phenolic OH excluding ortho intramolecular Hbond substituents is 1. The number of phenols is 1. The molecule has 0 heterocycles. The summed E-state index contributed by atoms with van der Waals surface area (Å²) in [6.45, 7) is 6.63. The van der Waals surface area contributed by atoms with Gasteiger partial charge in [-0.25, -0.2) is 4.79 Å². The molecule has 6 atom stereocenters. The number of carboxylic acid groups (broad SMARTS) is 1. The topological polar surface area (TPSA) is 287 Å². The second kappa shape index (κ2) is 22.2. The molecule has 0 aromatic heterocycles. The summed E-state index contributed by atoms with van der Waals surface area (Å²) in [7, 11) is 0. The van der Waals surface area contributed by atoms with Crippen molar-refractivity contribution in [1.29, 1.82) is 0 Å². The monoisotopic (exact) mass is 768 g/mol. The Hall–Kier alpha value is -6.04. The van der Waals surface area contributed by atoms with Crippen molar-refractivity contribution in [1.82, 2.24) is 37.2 Å². The van der Waals surface area contributed by atoms with E-state index in [2.05, 4.69) is 37.2 Å². The van der Waals surface area contributed by atoms with Gasteiger partial charge in [-0.1, -0.05) is 56.3 Å². The van der Waals surface area contributed by atoms with Crippen LogP contribution in [0.25, 0.3) is 0 Å². The van der Waals surface area contributed by atoms with Gasteiger partial charge in [-0.05, 0) is 56.4 Å². The molecule has 0 saturated carbocycles. The van der Waals surface area contributed by atoms with Gasteiger partial charge in [0.15, 0.2) is 0 Å².